The van der Waals surface area contributed by atoms with Crippen molar-refractivity contribution in [2.45, 2.75) is 44.9 Å². The standard InChI is InChI=1S/C24H39N3O2/c1-5-12-24(28,13-6-2)21(4)25-20-22-8-10-23(11-9-22)29-19-18-27-16-14-26(7-3)15-17-27/h5-6,8-11,21,25,28H,1-2,7,12-20H2,3-4H3. The van der Waals surface area contributed by atoms with Gasteiger partial charge in [0.1, 0.15) is 12.4 Å². The zero-order valence-electron chi connectivity index (χ0n) is 18.3. The molecule has 5 heteroatoms. The van der Waals surface area contributed by atoms with Crippen LogP contribution in [0.3, 0.4) is 0 Å². The molecule has 1 atom stereocenters. The van der Waals surface area contributed by atoms with Crippen LogP contribution in [0.2, 0.25) is 0 Å². The van der Waals surface area contributed by atoms with E-state index in [9.17, 15) is 5.11 Å². The van der Waals surface area contributed by atoms with Crippen LogP contribution < -0.4 is 10.1 Å². The molecule has 29 heavy (non-hydrogen) atoms. The number of benzene rings is 1. The predicted octanol–water partition coefficient (Wildman–Crippen LogP) is 3.06. The molecule has 1 heterocycles. The zero-order valence-corrected chi connectivity index (χ0v) is 18.3. The van der Waals surface area contributed by atoms with E-state index in [1.807, 2.05) is 19.1 Å². The molecule has 0 spiro atoms. The summed E-state index contributed by atoms with van der Waals surface area (Å²) in [6.45, 7) is 19.9. The van der Waals surface area contributed by atoms with Crippen LogP contribution in [0.25, 0.3) is 0 Å². The summed E-state index contributed by atoms with van der Waals surface area (Å²) < 4.78 is 5.92. The van der Waals surface area contributed by atoms with Crippen LogP contribution in [0.15, 0.2) is 49.6 Å². The number of hydrogen-bond acceptors (Lipinski definition) is 5. The van der Waals surface area contributed by atoms with Crippen molar-refractivity contribution in [3.8, 4) is 5.75 Å². The van der Waals surface area contributed by atoms with E-state index in [0.29, 0.717) is 19.4 Å². The summed E-state index contributed by atoms with van der Waals surface area (Å²) >= 11 is 0. The molecule has 0 radical (unpaired) electrons. The Morgan fingerprint density at radius 1 is 1.10 bits per heavy atom. The van der Waals surface area contributed by atoms with Gasteiger partial charge in [-0.2, -0.15) is 0 Å². The third-order valence-electron chi connectivity index (χ3n) is 5.93. The predicted molar refractivity (Wildman–Crippen MR) is 121 cm³/mol. The Bertz CT molecular complexity index is 599. The summed E-state index contributed by atoms with van der Waals surface area (Å²) in [7, 11) is 0. The normalized spacial score (nSPS) is 17.1. The quantitative estimate of drug-likeness (QED) is 0.498. The molecule has 1 aliphatic rings. The first-order chi connectivity index (χ1) is 14.0. The third kappa shape index (κ3) is 7.59. The first-order valence-corrected chi connectivity index (χ1v) is 10.8. The molecule has 2 N–H and O–H groups in total. The van der Waals surface area contributed by atoms with Gasteiger partial charge in [-0.1, -0.05) is 31.2 Å². The second kappa shape index (κ2) is 12.1. The van der Waals surface area contributed by atoms with Crippen molar-refractivity contribution in [3.63, 3.8) is 0 Å². The number of nitrogens with one attached hydrogen (secondary N) is 1. The van der Waals surface area contributed by atoms with Crippen molar-refractivity contribution >= 4 is 0 Å². The molecule has 1 aromatic rings. The van der Waals surface area contributed by atoms with E-state index in [0.717, 1.165) is 51.6 Å². The number of hydrogen-bond donors (Lipinski definition) is 2. The summed E-state index contributed by atoms with van der Waals surface area (Å²) in [6, 6.07) is 8.14. The van der Waals surface area contributed by atoms with Crippen molar-refractivity contribution < 1.29 is 9.84 Å². The number of ether oxygens (including phenoxy) is 1. The maximum Gasteiger partial charge on any atom is 0.119 e. The van der Waals surface area contributed by atoms with Gasteiger partial charge < -0.3 is 20.1 Å². The highest BCUT2D eigenvalue weighted by Gasteiger charge is 2.30. The van der Waals surface area contributed by atoms with E-state index in [2.05, 4.69) is 47.3 Å². The molecule has 1 saturated heterocycles. The third-order valence-corrected chi connectivity index (χ3v) is 5.93. The van der Waals surface area contributed by atoms with Crippen LogP contribution in [0.5, 0.6) is 5.75 Å². The lowest BCUT2D eigenvalue weighted by Gasteiger charge is -2.33. The van der Waals surface area contributed by atoms with Crippen molar-refractivity contribution in [2.24, 2.45) is 0 Å². The smallest absolute Gasteiger partial charge is 0.119 e. The van der Waals surface area contributed by atoms with Crippen LogP contribution in [0, 0.1) is 0 Å². The van der Waals surface area contributed by atoms with Gasteiger partial charge in [0.2, 0.25) is 0 Å². The minimum atomic E-state index is -0.852. The number of piperazine rings is 1. The molecule has 0 aromatic heterocycles. The molecule has 0 aliphatic carbocycles. The van der Waals surface area contributed by atoms with Crippen molar-refractivity contribution in [1.82, 2.24) is 15.1 Å². The van der Waals surface area contributed by atoms with Crippen molar-refractivity contribution in [3.05, 3.63) is 55.1 Å². The van der Waals surface area contributed by atoms with E-state index in [1.165, 1.54) is 5.56 Å². The van der Waals surface area contributed by atoms with E-state index in [1.54, 1.807) is 12.2 Å². The van der Waals surface area contributed by atoms with Crippen LogP contribution in [-0.2, 0) is 6.54 Å². The van der Waals surface area contributed by atoms with Crippen LogP contribution in [0.4, 0.5) is 0 Å². The monoisotopic (exact) mass is 401 g/mol. The average molecular weight is 402 g/mol. The van der Waals surface area contributed by atoms with Gasteiger partial charge in [-0.25, -0.2) is 0 Å². The topological polar surface area (TPSA) is 48.0 Å². The lowest BCUT2D eigenvalue weighted by atomic mass is 9.88. The largest absolute Gasteiger partial charge is 0.492 e. The van der Waals surface area contributed by atoms with Gasteiger partial charge >= 0.3 is 0 Å². The Kier molecular flexibility index (Phi) is 9.88. The number of nitrogens with zero attached hydrogens (tertiary/aromatic N) is 2. The fraction of sp³-hybridized carbons (Fsp3) is 0.583. The molecule has 0 saturated carbocycles. The average Bonchev–Trinajstić information content (AvgIpc) is 2.73. The Morgan fingerprint density at radius 2 is 1.69 bits per heavy atom. The SMILES string of the molecule is C=CCC(O)(CC=C)C(C)NCc1ccc(OCCN2CCN(CC)CC2)cc1. The van der Waals surface area contributed by atoms with E-state index < -0.39 is 5.60 Å². The molecule has 1 fully saturated rings. The molecule has 0 bridgehead atoms. The Hall–Kier alpha value is -1.66. The lowest BCUT2D eigenvalue weighted by Crippen LogP contribution is -2.48. The Balaban J connectivity index is 1.72. The highest BCUT2D eigenvalue weighted by atomic mass is 16.5. The molecule has 0 amide bonds. The maximum absolute atomic E-state index is 10.8. The van der Waals surface area contributed by atoms with Gasteiger partial charge in [0.15, 0.2) is 0 Å². The number of rotatable bonds is 13. The summed E-state index contributed by atoms with van der Waals surface area (Å²) in [6.07, 6.45) is 4.59. The second-order valence-electron chi connectivity index (χ2n) is 7.96. The molecule has 162 valence electrons. The minimum Gasteiger partial charge on any atom is -0.492 e. The summed E-state index contributed by atoms with van der Waals surface area (Å²) in [4.78, 5) is 4.96. The summed E-state index contributed by atoms with van der Waals surface area (Å²) in [5.41, 5.74) is 0.314. The van der Waals surface area contributed by atoms with Crippen molar-refractivity contribution in [2.75, 3.05) is 45.9 Å². The van der Waals surface area contributed by atoms with Crippen molar-refractivity contribution in [1.29, 1.82) is 0 Å². The van der Waals surface area contributed by atoms with Crippen LogP contribution >= 0.6 is 0 Å². The van der Waals surface area contributed by atoms with Gasteiger partial charge in [-0.15, -0.1) is 13.2 Å². The molecule has 2 rings (SSSR count). The highest BCUT2D eigenvalue weighted by molar-refractivity contribution is 5.27. The molecular formula is C24H39N3O2. The molecular weight excluding hydrogens is 362 g/mol. The van der Waals surface area contributed by atoms with E-state index in [4.69, 9.17) is 4.74 Å². The second-order valence-corrected chi connectivity index (χ2v) is 7.96. The highest BCUT2D eigenvalue weighted by Crippen LogP contribution is 2.22. The van der Waals surface area contributed by atoms with Gasteiger partial charge in [0.05, 0.1) is 5.60 Å². The van der Waals surface area contributed by atoms with Gasteiger partial charge in [-0.3, -0.25) is 4.90 Å². The first kappa shape index (κ1) is 23.6. The molecule has 1 unspecified atom stereocenters. The zero-order chi connectivity index (χ0) is 21.1. The molecule has 1 aromatic carbocycles. The first-order valence-electron chi connectivity index (χ1n) is 10.8. The van der Waals surface area contributed by atoms with Gasteiger partial charge in [0, 0.05) is 45.3 Å². The van der Waals surface area contributed by atoms with Crippen LogP contribution in [-0.4, -0.2) is 72.4 Å². The Morgan fingerprint density at radius 3 is 2.24 bits per heavy atom. The lowest BCUT2D eigenvalue weighted by molar-refractivity contribution is 0.0122. The van der Waals surface area contributed by atoms with Gasteiger partial charge in [0.25, 0.3) is 0 Å². The van der Waals surface area contributed by atoms with E-state index >= 15 is 0 Å². The molecule has 5 nitrogen and oxygen atoms in total. The maximum atomic E-state index is 10.8. The number of aliphatic hydroxyl groups is 1. The minimum absolute atomic E-state index is 0.0670. The van der Waals surface area contributed by atoms with Crippen LogP contribution in [0.1, 0.15) is 32.3 Å². The van der Waals surface area contributed by atoms with Gasteiger partial charge in [-0.05, 0) is 44.0 Å². The summed E-state index contributed by atoms with van der Waals surface area (Å²) in [5.74, 6) is 0.906. The fourth-order valence-electron chi connectivity index (χ4n) is 3.72. The molecule has 1 aliphatic heterocycles. The fourth-order valence-corrected chi connectivity index (χ4v) is 3.72. The Labute approximate surface area is 177 Å². The van der Waals surface area contributed by atoms with E-state index in [-0.39, 0.29) is 6.04 Å². The number of likely N-dealkylation sites (N-methyl/N-ethyl adjacent to an activating group) is 1. The summed E-state index contributed by atoms with van der Waals surface area (Å²) in [5, 5.41) is 14.2.